The number of benzene rings is 2. The van der Waals surface area contributed by atoms with Gasteiger partial charge < -0.3 is 4.74 Å². The highest BCUT2D eigenvalue weighted by molar-refractivity contribution is 5.66. The molecule has 0 heterocycles. The first-order chi connectivity index (χ1) is 8.83. The van der Waals surface area contributed by atoms with Gasteiger partial charge in [0.2, 0.25) is 0 Å². The van der Waals surface area contributed by atoms with Crippen molar-refractivity contribution in [2.45, 2.75) is 6.92 Å². The minimum Gasteiger partial charge on any atom is -0.494 e. The lowest BCUT2D eigenvalue weighted by atomic mass is 10.0. The standard InChI is InChI=1S/C16H15FO/c1-2-18-16-9-7-15(8-10-16)14-5-3-13(4-6-14)11-12-17/h3-12H,2H2,1H3/b12-11+. The summed E-state index contributed by atoms with van der Waals surface area (Å²) < 4.78 is 17.4. The Morgan fingerprint density at radius 1 is 0.944 bits per heavy atom. The second-order valence-electron chi connectivity index (χ2n) is 3.87. The van der Waals surface area contributed by atoms with Gasteiger partial charge in [-0.3, -0.25) is 0 Å². The topological polar surface area (TPSA) is 9.23 Å². The first-order valence-electron chi connectivity index (χ1n) is 5.93. The summed E-state index contributed by atoms with van der Waals surface area (Å²) in [6.07, 6.45) is 1.98. The molecule has 2 aromatic carbocycles. The van der Waals surface area contributed by atoms with Crippen LogP contribution in [-0.4, -0.2) is 6.61 Å². The third kappa shape index (κ3) is 2.98. The van der Waals surface area contributed by atoms with E-state index in [2.05, 4.69) is 0 Å². The fourth-order valence-corrected chi connectivity index (χ4v) is 1.77. The van der Waals surface area contributed by atoms with Gasteiger partial charge in [-0.1, -0.05) is 36.4 Å². The molecule has 18 heavy (non-hydrogen) atoms. The van der Waals surface area contributed by atoms with Crippen molar-refractivity contribution in [2.75, 3.05) is 6.61 Å². The van der Waals surface area contributed by atoms with E-state index in [1.165, 1.54) is 6.08 Å². The van der Waals surface area contributed by atoms with E-state index < -0.39 is 0 Å². The molecule has 0 aliphatic heterocycles. The van der Waals surface area contributed by atoms with Gasteiger partial charge in [0.15, 0.2) is 0 Å². The average molecular weight is 242 g/mol. The van der Waals surface area contributed by atoms with Gasteiger partial charge in [-0.2, -0.15) is 0 Å². The fraction of sp³-hybridized carbons (Fsp3) is 0.125. The van der Waals surface area contributed by atoms with E-state index in [1.54, 1.807) is 0 Å². The molecule has 0 atom stereocenters. The summed E-state index contributed by atoms with van der Waals surface area (Å²) >= 11 is 0. The maximum absolute atomic E-state index is 12.0. The fourth-order valence-electron chi connectivity index (χ4n) is 1.77. The third-order valence-corrected chi connectivity index (χ3v) is 2.66. The minimum atomic E-state index is 0.548. The summed E-state index contributed by atoms with van der Waals surface area (Å²) in [4.78, 5) is 0. The van der Waals surface area contributed by atoms with E-state index in [9.17, 15) is 4.39 Å². The van der Waals surface area contributed by atoms with Gasteiger partial charge in [0, 0.05) is 0 Å². The lowest BCUT2D eigenvalue weighted by molar-refractivity contribution is 0.340. The Labute approximate surface area is 107 Å². The Bertz CT molecular complexity index is 512. The van der Waals surface area contributed by atoms with Crippen LogP contribution in [0.4, 0.5) is 4.39 Å². The van der Waals surface area contributed by atoms with Crippen LogP contribution in [0.2, 0.25) is 0 Å². The van der Waals surface area contributed by atoms with Crippen molar-refractivity contribution in [3.63, 3.8) is 0 Å². The molecular formula is C16H15FO. The van der Waals surface area contributed by atoms with Crippen LogP contribution in [0, 0.1) is 0 Å². The summed E-state index contributed by atoms with van der Waals surface area (Å²) in [6, 6.07) is 15.7. The molecule has 0 saturated carbocycles. The van der Waals surface area contributed by atoms with Crippen LogP contribution >= 0.6 is 0 Å². The largest absolute Gasteiger partial charge is 0.494 e. The van der Waals surface area contributed by atoms with Crippen LogP contribution in [0.5, 0.6) is 5.75 Å². The molecule has 2 aromatic rings. The highest BCUT2D eigenvalue weighted by atomic mass is 19.1. The molecule has 0 aromatic heterocycles. The number of halogens is 1. The molecule has 0 fully saturated rings. The zero-order valence-electron chi connectivity index (χ0n) is 10.3. The summed E-state index contributed by atoms with van der Waals surface area (Å²) in [5.74, 6) is 0.873. The van der Waals surface area contributed by atoms with Crippen LogP contribution in [0.15, 0.2) is 54.9 Å². The van der Waals surface area contributed by atoms with Crippen molar-refractivity contribution >= 4 is 6.08 Å². The van der Waals surface area contributed by atoms with Gasteiger partial charge in [-0.05, 0) is 41.8 Å². The van der Waals surface area contributed by atoms with E-state index in [0.717, 1.165) is 22.4 Å². The van der Waals surface area contributed by atoms with Crippen molar-refractivity contribution in [1.29, 1.82) is 0 Å². The number of ether oxygens (including phenoxy) is 1. The Kier molecular flexibility index (Phi) is 4.13. The van der Waals surface area contributed by atoms with E-state index in [-0.39, 0.29) is 0 Å². The Morgan fingerprint density at radius 2 is 1.50 bits per heavy atom. The molecule has 2 rings (SSSR count). The summed E-state index contributed by atoms with van der Waals surface area (Å²) in [6.45, 7) is 2.63. The Balaban J connectivity index is 2.20. The SMILES string of the molecule is CCOc1ccc(-c2ccc(/C=C/F)cc2)cc1. The summed E-state index contributed by atoms with van der Waals surface area (Å²) in [7, 11) is 0. The molecule has 0 radical (unpaired) electrons. The van der Waals surface area contributed by atoms with E-state index in [1.807, 2.05) is 55.5 Å². The third-order valence-electron chi connectivity index (χ3n) is 2.66. The lowest BCUT2D eigenvalue weighted by Gasteiger charge is -2.05. The smallest absolute Gasteiger partial charge is 0.119 e. The molecule has 0 bridgehead atoms. The van der Waals surface area contributed by atoms with E-state index >= 15 is 0 Å². The van der Waals surface area contributed by atoms with Crippen molar-refractivity contribution in [2.24, 2.45) is 0 Å². The molecule has 0 amide bonds. The van der Waals surface area contributed by atoms with Gasteiger partial charge in [0.1, 0.15) is 5.75 Å². The Hall–Kier alpha value is -2.09. The van der Waals surface area contributed by atoms with Crippen LogP contribution in [0.1, 0.15) is 12.5 Å². The van der Waals surface area contributed by atoms with Gasteiger partial charge in [0.25, 0.3) is 0 Å². The van der Waals surface area contributed by atoms with E-state index in [0.29, 0.717) is 12.9 Å². The average Bonchev–Trinajstić information content (AvgIpc) is 2.41. The molecule has 92 valence electrons. The minimum absolute atomic E-state index is 0.548. The van der Waals surface area contributed by atoms with Crippen LogP contribution in [0.3, 0.4) is 0 Å². The first kappa shape index (κ1) is 12.4. The van der Waals surface area contributed by atoms with Gasteiger partial charge in [-0.25, -0.2) is 4.39 Å². The van der Waals surface area contributed by atoms with Gasteiger partial charge in [0.05, 0.1) is 12.9 Å². The maximum atomic E-state index is 12.0. The molecule has 1 nitrogen and oxygen atoms in total. The first-order valence-corrected chi connectivity index (χ1v) is 5.93. The van der Waals surface area contributed by atoms with Crippen molar-refractivity contribution < 1.29 is 9.13 Å². The number of rotatable bonds is 4. The quantitative estimate of drug-likeness (QED) is 0.755. The maximum Gasteiger partial charge on any atom is 0.119 e. The number of hydrogen-bond acceptors (Lipinski definition) is 1. The van der Waals surface area contributed by atoms with Crippen LogP contribution in [-0.2, 0) is 0 Å². The molecule has 2 heteroatoms. The predicted octanol–water partition coefficient (Wildman–Crippen LogP) is 4.69. The summed E-state index contributed by atoms with van der Waals surface area (Å²) in [5.41, 5.74) is 3.08. The highest BCUT2D eigenvalue weighted by Gasteiger charge is 1.98. The second-order valence-corrected chi connectivity index (χ2v) is 3.87. The molecular weight excluding hydrogens is 227 g/mol. The Morgan fingerprint density at radius 3 is 2.00 bits per heavy atom. The lowest BCUT2D eigenvalue weighted by Crippen LogP contribution is -1.90. The molecule has 0 spiro atoms. The van der Waals surface area contributed by atoms with Crippen LogP contribution < -0.4 is 4.74 Å². The molecule has 0 aliphatic rings. The molecule has 0 unspecified atom stereocenters. The highest BCUT2D eigenvalue weighted by Crippen LogP contribution is 2.23. The zero-order valence-corrected chi connectivity index (χ0v) is 10.3. The molecule has 0 saturated heterocycles. The second kappa shape index (κ2) is 6.01. The normalized spacial score (nSPS) is 10.8. The van der Waals surface area contributed by atoms with Crippen molar-refractivity contribution in [3.8, 4) is 16.9 Å². The zero-order chi connectivity index (χ0) is 12.8. The molecule has 0 aliphatic carbocycles. The number of hydrogen-bond donors (Lipinski definition) is 0. The van der Waals surface area contributed by atoms with Crippen LogP contribution in [0.25, 0.3) is 17.2 Å². The van der Waals surface area contributed by atoms with Crippen molar-refractivity contribution in [3.05, 3.63) is 60.4 Å². The monoisotopic (exact) mass is 242 g/mol. The predicted molar refractivity (Wildman–Crippen MR) is 73.2 cm³/mol. The van der Waals surface area contributed by atoms with E-state index in [4.69, 9.17) is 4.74 Å². The van der Waals surface area contributed by atoms with Gasteiger partial charge in [-0.15, -0.1) is 0 Å². The summed E-state index contributed by atoms with van der Waals surface area (Å²) in [5, 5.41) is 0. The van der Waals surface area contributed by atoms with Gasteiger partial charge >= 0.3 is 0 Å². The molecule has 0 N–H and O–H groups in total. The van der Waals surface area contributed by atoms with Crippen molar-refractivity contribution in [1.82, 2.24) is 0 Å².